The highest BCUT2D eigenvalue weighted by Crippen LogP contribution is 2.17. The topological polar surface area (TPSA) is 76.4 Å². The lowest BCUT2D eigenvalue weighted by Gasteiger charge is -2.24. The fourth-order valence-electron chi connectivity index (χ4n) is 3.18. The van der Waals surface area contributed by atoms with Gasteiger partial charge in [-0.1, -0.05) is 12.1 Å². The second-order valence-corrected chi connectivity index (χ2v) is 7.70. The SMILES string of the molecule is N#Cc1ccc(N2CCCN(C(=O)CNC(=O)c3ccccc3I)CC2)cc1. The maximum Gasteiger partial charge on any atom is 0.252 e. The van der Waals surface area contributed by atoms with Gasteiger partial charge in [0.25, 0.3) is 5.91 Å². The lowest BCUT2D eigenvalue weighted by atomic mass is 10.2. The highest BCUT2D eigenvalue weighted by molar-refractivity contribution is 14.1. The summed E-state index contributed by atoms with van der Waals surface area (Å²) in [5.74, 6) is -0.298. The second-order valence-electron chi connectivity index (χ2n) is 6.54. The Morgan fingerprint density at radius 1 is 1.04 bits per heavy atom. The zero-order chi connectivity index (χ0) is 19.9. The quantitative estimate of drug-likeness (QED) is 0.672. The smallest absolute Gasteiger partial charge is 0.252 e. The van der Waals surface area contributed by atoms with Gasteiger partial charge in [-0.2, -0.15) is 5.26 Å². The molecule has 0 bridgehead atoms. The third-order valence-electron chi connectivity index (χ3n) is 4.73. The van der Waals surface area contributed by atoms with E-state index in [0.717, 1.165) is 28.8 Å². The number of nitrogens with one attached hydrogen (secondary N) is 1. The van der Waals surface area contributed by atoms with Crippen molar-refractivity contribution in [1.29, 1.82) is 5.26 Å². The number of benzene rings is 2. The van der Waals surface area contributed by atoms with E-state index in [4.69, 9.17) is 5.26 Å². The monoisotopic (exact) mass is 488 g/mol. The summed E-state index contributed by atoms with van der Waals surface area (Å²) >= 11 is 2.11. The molecule has 144 valence electrons. The van der Waals surface area contributed by atoms with Crippen LogP contribution in [-0.4, -0.2) is 49.4 Å². The minimum Gasteiger partial charge on any atom is -0.370 e. The van der Waals surface area contributed by atoms with Gasteiger partial charge in [0.15, 0.2) is 0 Å². The van der Waals surface area contributed by atoms with Gasteiger partial charge in [0, 0.05) is 35.4 Å². The molecule has 6 nitrogen and oxygen atoms in total. The largest absolute Gasteiger partial charge is 0.370 e. The van der Waals surface area contributed by atoms with E-state index in [-0.39, 0.29) is 18.4 Å². The fourth-order valence-corrected chi connectivity index (χ4v) is 3.81. The van der Waals surface area contributed by atoms with Crippen LogP contribution in [0.25, 0.3) is 0 Å². The molecular weight excluding hydrogens is 467 g/mol. The number of rotatable bonds is 4. The molecule has 1 N–H and O–H groups in total. The Hall–Kier alpha value is -2.60. The van der Waals surface area contributed by atoms with Crippen molar-refractivity contribution in [1.82, 2.24) is 10.2 Å². The summed E-state index contributed by atoms with van der Waals surface area (Å²) in [5, 5.41) is 11.7. The van der Waals surface area contributed by atoms with Crippen LogP contribution in [0.15, 0.2) is 48.5 Å². The number of carbonyl (C=O) groups excluding carboxylic acids is 2. The van der Waals surface area contributed by atoms with E-state index in [1.54, 1.807) is 11.0 Å². The van der Waals surface area contributed by atoms with Gasteiger partial charge >= 0.3 is 0 Å². The first-order valence-electron chi connectivity index (χ1n) is 9.14. The van der Waals surface area contributed by atoms with Crippen LogP contribution >= 0.6 is 22.6 Å². The molecule has 2 amide bonds. The fraction of sp³-hybridized carbons (Fsp3) is 0.286. The maximum atomic E-state index is 12.6. The summed E-state index contributed by atoms with van der Waals surface area (Å²) in [6.45, 7) is 2.86. The predicted octanol–water partition coefficient (Wildman–Crippen LogP) is 2.63. The molecular formula is C21H21IN4O2. The normalized spacial score (nSPS) is 14.1. The van der Waals surface area contributed by atoms with E-state index in [1.165, 1.54) is 0 Å². The molecule has 2 aromatic carbocycles. The Kier molecular flexibility index (Phi) is 6.87. The van der Waals surface area contributed by atoms with Gasteiger partial charge < -0.3 is 15.1 Å². The average Bonchev–Trinajstić information content (AvgIpc) is 2.98. The molecule has 0 saturated carbocycles. The average molecular weight is 488 g/mol. The molecule has 0 unspecified atom stereocenters. The van der Waals surface area contributed by atoms with E-state index < -0.39 is 0 Å². The van der Waals surface area contributed by atoms with Gasteiger partial charge in [-0.25, -0.2) is 0 Å². The molecule has 3 rings (SSSR count). The van der Waals surface area contributed by atoms with E-state index in [9.17, 15) is 9.59 Å². The summed E-state index contributed by atoms with van der Waals surface area (Å²) < 4.78 is 0.859. The molecule has 0 atom stereocenters. The van der Waals surface area contributed by atoms with Crippen molar-refractivity contribution in [3.63, 3.8) is 0 Å². The number of anilines is 1. The molecule has 0 radical (unpaired) electrons. The third kappa shape index (κ3) is 5.01. The van der Waals surface area contributed by atoms with Gasteiger partial charge in [-0.05, 0) is 65.4 Å². The minimum absolute atomic E-state index is 0.000669. The van der Waals surface area contributed by atoms with Crippen LogP contribution in [0.1, 0.15) is 22.3 Å². The number of hydrogen-bond acceptors (Lipinski definition) is 4. The predicted molar refractivity (Wildman–Crippen MR) is 116 cm³/mol. The number of carbonyl (C=O) groups is 2. The van der Waals surface area contributed by atoms with Crippen LogP contribution in [0.4, 0.5) is 5.69 Å². The Balaban J connectivity index is 1.53. The standard InChI is InChI=1S/C21H21IN4O2/c22-19-5-2-1-4-18(19)21(28)24-15-20(27)26-11-3-10-25(12-13-26)17-8-6-16(14-23)7-9-17/h1-2,4-9H,3,10-13,15H2,(H,24,28). The molecule has 0 aliphatic carbocycles. The number of nitriles is 1. The Bertz CT molecular complexity index is 892. The van der Waals surface area contributed by atoms with E-state index >= 15 is 0 Å². The molecule has 7 heteroatoms. The van der Waals surface area contributed by atoms with E-state index in [0.29, 0.717) is 24.2 Å². The Morgan fingerprint density at radius 2 is 1.79 bits per heavy atom. The molecule has 1 fully saturated rings. The van der Waals surface area contributed by atoms with Crippen LogP contribution in [0.3, 0.4) is 0 Å². The van der Waals surface area contributed by atoms with Crippen LogP contribution in [0, 0.1) is 14.9 Å². The van der Waals surface area contributed by atoms with Gasteiger partial charge in [0.1, 0.15) is 0 Å². The number of nitrogens with zero attached hydrogens (tertiary/aromatic N) is 3. The van der Waals surface area contributed by atoms with Crippen molar-refractivity contribution in [2.45, 2.75) is 6.42 Å². The van der Waals surface area contributed by atoms with Gasteiger partial charge in [0.2, 0.25) is 5.91 Å². The molecule has 1 saturated heterocycles. The van der Waals surface area contributed by atoms with Gasteiger partial charge in [-0.15, -0.1) is 0 Å². The van der Waals surface area contributed by atoms with Crippen molar-refractivity contribution >= 4 is 40.1 Å². The molecule has 2 aromatic rings. The maximum absolute atomic E-state index is 12.6. The van der Waals surface area contributed by atoms with Crippen molar-refractivity contribution in [2.24, 2.45) is 0 Å². The van der Waals surface area contributed by atoms with Crippen LogP contribution < -0.4 is 10.2 Å². The van der Waals surface area contributed by atoms with E-state index in [1.807, 2.05) is 42.5 Å². The lowest BCUT2D eigenvalue weighted by Crippen LogP contribution is -2.42. The second kappa shape index (κ2) is 9.55. The first-order valence-corrected chi connectivity index (χ1v) is 10.2. The van der Waals surface area contributed by atoms with Gasteiger partial charge in [-0.3, -0.25) is 9.59 Å². The summed E-state index contributed by atoms with van der Waals surface area (Å²) in [6.07, 6.45) is 0.857. The first kappa shape index (κ1) is 20.1. The number of amides is 2. The van der Waals surface area contributed by atoms with Crippen molar-refractivity contribution in [3.05, 3.63) is 63.2 Å². The lowest BCUT2D eigenvalue weighted by molar-refractivity contribution is -0.129. The molecule has 0 aromatic heterocycles. The van der Waals surface area contributed by atoms with Crippen molar-refractivity contribution in [3.8, 4) is 6.07 Å². The molecule has 0 spiro atoms. The molecule has 28 heavy (non-hydrogen) atoms. The van der Waals surface area contributed by atoms with Crippen molar-refractivity contribution in [2.75, 3.05) is 37.6 Å². The highest BCUT2D eigenvalue weighted by atomic mass is 127. The minimum atomic E-state index is -0.229. The van der Waals surface area contributed by atoms with Crippen LogP contribution in [0.2, 0.25) is 0 Å². The third-order valence-corrected chi connectivity index (χ3v) is 5.67. The Labute approximate surface area is 178 Å². The van der Waals surface area contributed by atoms with Crippen molar-refractivity contribution < 1.29 is 9.59 Å². The summed E-state index contributed by atoms with van der Waals surface area (Å²) in [7, 11) is 0. The number of hydrogen-bond donors (Lipinski definition) is 1. The summed E-state index contributed by atoms with van der Waals surface area (Å²) in [5.41, 5.74) is 2.28. The first-order chi connectivity index (χ1) is 13.6. The summed E-state index contributed by atoms with van der Waals surface area (Å²) in [6, 6.07) is 16.9. The highest BCUT2D eigenvalue weighted by Gasteiger charge is 2.20. The zero-order valence-corrected chi connectivity index (χ0v) is 17.6. The van der Waals surface area contributed by atoms with E-state index in [2.05, 4.69) is 38.9 Å². The molecule has 1 heterocycles. The molecule has 1 aliphatic rings. The number of halogens is 1. The molecule has 1 aliphatic heterocycles. The van der Waals surface area contributed by atoms with Crippen LogP contribution in [-0.2, 0) is 4.79 Å². The zero-order valence-electron chi connectivity index (χ0n) is 15.4. The Morgan fingerprint density at radius 3 is 2.50 bits per heavy atom. The summed E-state index contributed by atoms with van der Waals surface area (Å²) in [4.78, 5) is 28.9. The van der Waals surface area contributed by atoms with Gasteiger partial charge in [0.05, 0.1) is 23.7 Å². The van der Waals surface area contributed by atoms with Crippen LogP contribution in [0.5, 0.6) is 0 Å².